The number of hydrogen-bond acceptors (Lipinski definition) is 3. The fourth-order valence-electron chi connectivity index (χ4n) is 3.79. The maximum absolute atomic E-state index is 11.0. The van der Waals surface area contributed by atoms with Gasteiger partial charge in [0.15, 0.2) is 0 Å². The lowest BCUT2D eigenvalue weighted by molar-refractivity contribution is 0.0697. The fraction of sp³-hybridized carbons (Fsp3) is 0.476. The van der Waals surface area contributed by atoms with E-state index in [0.29, 0.717) is 18.5 Å². The summed E-state index contributed by atoms with van der Waals surface area (Å²) in [7, 11) is 0. The van der Waals surface area contributed by atoms with Gasteiger partial charge in [-0.25, -0.2) is 4.79 Å². The molecular formula is C21H25N3O2. The van der Waals surface area contributed by atoms with E-state index < -0.39 is 5.97 Å². The van der Waals surface area contributed by atoms with Gasteiger partial charge in [-0.1, -0.05) is 32.9 Å². The monoisotopic (exact) mass is 351 g/mol. The van der Waals surface area contributed by atoms with E-state index in [9.17, 15) is 10.1 Å². The van der Waals surface area contributed by atoms with Crippen LogP contribution in [-0.4, -0.2) is 20.9 Å². The van der Waals surface area contributed by atoms with Gasteiger partial charge in [-0.3, -0.25) is 4.68 Å². The third-order valence-corrected chi connectivity index (χ3v) is 5.05. The second kappa shape index (κ2) is 6.95. The van der Waals surface area contributed by atoms with Gasteiger partial charge in [-0.2, -0.15) is 10.4 Å². The summed E-state index contributed by atoms with van der Waals surface area (Å²) in [5, 5.41) is 23.2. The minimum Gasteiger partial charge on any atom is -0.478 e. The van der Waals surface area contributed by atoms with Crippen LogP contribution in [0.5, 0.6) is 0 Å². The van der Waals surface area contributed by atoms with Crippen LogP contribution in [0.25, 0.3) is 0 Å². The Bertz CT molecular complexity index is 851. The Hall–Kier alpha value is -2.61. The number of benzene rings is 1. The number of carboxylic acid groups (broad SMARTS) is 1. The topological polar surface area (TPSA) is 78.9 Å². The molecule has 0 saturated carbocycles. The lowest BCUT2D eigenvalue weighted by Gasteiger charge is -2.25. The molecule has 26 heavy (non-hydrogen) atoms. The number of nitrogens with zero attached hydrogens (tertiary/aromatic N) is 3. The molecule has 0 amide bonds. The first kappa shape index (κ1) is 18.2. The van der Waals surface area contributed by atoms with E-state index in [1.54, 1.807) is 12.1 Å². The summed E-state index contributed by atoms with van der Waals surface area (Å²) in [4.78, 5) is 11.0. The van der Waals surface area contributed by atoms with Crippen molar-refractivity contribution in [3.8, 4) is 6.07 Å². The Morgan fingerprint density at radius 1 is 1.35 bits per heavy atom. The number of carboxylic acids is 1. The fourth-order valence-corrected chi connectivity index (χ4v) is 3.79. The molecule has 1 atom stereocenters. The van der Waals surface area contributed by atoms with Crippen LogP contribution in [0.3, 0.4) is 0 Å². The smallest absolute Gasteiger partial charge is 0.335 e. The predicted molar refractivity (Wildman–Crippen MR) is 99.3 cm³/mol. The number of carbonyl (C=O) groups is 1. The van der Waals surface area contributed by atoms with Crippen LogP contribution in [0.1, 0.15) is 78.8 Å². The molecule has 0 fully saturated rings. The molecule has 1 aromatic carbocycles. The zero-order valence-electron chi connectivity index (χ0n) is 15.6. The van der Waals surface area contributed by atoms with Crippen molar-refractivity contribution in [2.75, 3.05) is 0 Å². The van der Waals surface area contributed by atoms with Gasteiger partial charge in [0.2, 0.25) is 0 Å². The summed E-state index contributed by atoms with van der Waals surface area (Å²) in [5.74, 6) is -0.650. The van der Waals surface area contributed by atoms with Crippen LogP contribution in [0.15, 0.2) is 24.3 Å². The molecule has 1 aliphatic rings. The summed E-state index contributed by atoms with van der Waals surface area (Å²) in [6, 6.07) is 9.31. The molecule has 136 valence electrons. The van der Waals surface area contributed by atoms with Crippen molar-refractivity contribution >= 4 is 5.97 Å². The zero-order valence-corrected chi connectivity index (χ0v) is 15.6. The van der Waals surface area contributed by atoms with Gasteiger partial charge in [-0.15, -0.1) is 0 Å². The van der Waals surface area contributed by atoms with Crippen molar-refractivity contribution in [3.63, 3.8) is 0 Å². The van der Waals surface area contributed by atoms with Crippen molar-refractivity contribution in [2.45, 2.75) is 64.3 Å². The van der Waals surface area contributed by atoms with E-state index in [-0.39, 0.29) is 11.3 Å². The number of aromatic nitrogens is 2. The third-order valence-electron chi connectivity index (χ3n) is 5.05. The van der Waals surface area contributed by atoms with E-state index >= 15 is 0 Å². The Balaban J connectivity index is 2.00. The molecule has 0 saturated heterocycles. The lowest BCUT2D eigenvalue weighted by Crippen LogP contribution is -2.18. The average Bonchev–Trinajstić information content (AvgIpc) is 2.96. The lowest BCUT2D eigenvalue weighted by atomic mass is 9.78. The summed E-state index contributed by atoms with van der Waals surface area (Å²) in [5.41, 5.74) is 4.85. The first-order valence-electron chi connectivity index (χ1n) is 9.10. The highest BCUT2D eigenvalue weighted by atomic mass is 16.4. The second-order valence-electron chi connectivity index (χ2n) is 8.07. The molecule has 5 heteroatoms. The standard InChI is InChI=1S/C21H25N3O2/c1-21(2,3)19-18-15(11-12-22)5-4-6-17(18)24(23-19)13-14-7-9-16(10-8-14)20(25)26/h7-10,15H,4-6,11,13H2,1-3H3,(H,25,26). The Morgan fingerprint density at radius 3 is 2.62 bits per heavy atom. The average molecular weight is 351 g/mol. The molecular weight excluding hydrogens is 326 g/mol. The molecule has 2 aromatic rings. The van der Waals surface area contributed by atoms with Crippen LogP contribution < -0.4 is 0 Å². The van der Waals surface area contributed by atoms with Crippen LogP contribution >= 0.6 is 0 Å². The highest BCUT2D eigenvalue weighted by Crippen LogP contribution is 2.40. The molecule has 3 rings (SSSR count). The normalized spacial score (nSPS) is 16.8. The molecule has 0 aliphatic heterocycles. The third kappa shape index (κ3) is 3.50. The molecule has 1 heterocycles. The summed E-state index contributed by atoms with van der Waals surface area (Å²) >= 11 is 0. The van der Waals surface area contributed by atoms with E-state index in [1.807, 2.05) is 12.1 Å². The molecule has 1 unspecified atom stereocenters. The molecule has 0 radical (unpaired) electrons. The predicted octanol–water partition coefficient (Wildman–Crippen LogP) is 4.26. The SMILES string of the molecule is CC(C)(C)c1nn(Cc2ccc(C(=O)O)cc2)c2c1C(CC#N)CCC2. The van der Waals surface area contributed by atoms with Crippen molar-refractivity contribution < 1.29 is 9.90 Å². The van der Waals surface area contributed by atoms with Gasteiger partial charge in [0, 0.05) is 29.0 Å². The van der Waals surface area contributed by atoms with Gasteiger partial charge >= 0.3 is 5.97 Å². The van der Waals surface area contributed by atoms with Crippen molar-refractivity contribution in [3.05, 3.63) is 52.3 Å². The van der Waals surface area contributed by atoms with Crippen molar-refractivity contribution in [1.82, 2.24) is 9.78 Å². The Kier molecular flexibility index (Phi) is 4.86. The van der Waals surface area contributed by atoms with Crippen LogP contribution in [0, 0.1) is 11.3 Å². The van der Waals surface area contributed by atoms with E-state index in [0.717, 1.165) is 30.5 Å². The van der Waals surface area contributed by atoms with Crippen LogP contribution in [0.4, 0.5) is 0 Å². The zero-order chi connectivity index (χ0) is 18.9. The maximum atomic E-state index is 11.0. The van der Waals surface area contributed by atoms with Crippen molar-refractivity contribution in [2.24, 2.45) is 0 Å². The second-order valence-corrected chi connectivity index (χ2v) is 8.07. The molecule has 0 spiro atoms. The summed E-state index contributed by atoms with van der Waals surface area (Å²) < 4.78 is 2.06. The van der Waals surface area contributed by atoms with Gasteiger partial charge < -0.3 is 5.11 Å². The molecule has 1 aromatic heterocycles. The van der Waals surface area contributed by atoms with Gasteiger partial charge in [-0.05, 0) is 37.0 Å². The highest BCUT2D eigenvalue weighted by molar-refractivity contribution is 5.87. The summed E-state index contributed by atoms with van der Waals surface area (Å²) in [6.45, 7) is 7.12. The minimum absolute atomic E-state index is 0.0758. The Morgan fingerprint density at radius 2 is 2.04 bits per heavy atom. The highest BCUT2D eigenvalue weighted by Gasteiger charge is 2.33. The van der Waals surface area contributed by atoms with Crippen LogP contribution in [-0.2, 0) is 18.4 Å². The Labute approximate surface area is 154 Å². The van der Waals surface area contributed by atoms with Gasteiger partial charge in [0.1, 0.15) is 0 Å². The van der Waals surface area contributed by atoms with Crippen LogP contribution in [0.2, 0.25) is 0 Å². The minimum atomic E-state index is -0.914. The molecule has 0 bridgehead atoms. The number of nitriles is 1. The number of hydrogen-bond donors (Lipinski definition) is 1. The van der Waals surface area contributed by atoms with E-state index in [1.165, 1.54) is 11.3 Å². The first-order valence-corrected chi connectivity index (χ1v) is 9.10. The number of aromatic carboxylic acids is 1. The van der Waals surface area contributed by atoms with Gasteiger partial charge in [0.05, 0.1) is 23.9 Å². The number of rotatable bonds is 4. The maximum Gasteiger partial charge on any atom is 0.335 e. The van der Waals surface area contributed by atoms with E-state index in [4.69, 9.17) is 10.2 Å². The van der Waals surface area contributed by atoms with Gasteiger partial charge in [0.25, 0.3) is 0 Å². The van der Waals surface area contributed by atoms with Crippen molar-refractivity contribution in [1.29, 1.82) is 5.26 Å². The van der Waals surface area contributed by atoms with E-state index in [2.05, 4.69) is 31.5 Å². The molecule has 1 N–H and O–H groups in total. The largest absolute Gasteiger partial charge is 0.478 e. The molecule has 1 aliphatic carbocycles. The summed E-state index contributed by atoms with van der Waals surface area (Å²) in [6.07, 6.45) is 3.64. The molecule has 5 nitrogen and oxygen atoms in total. The number of fused-ring (bicyclic) bond motifs is 1. The first-order chi connectivity index (χ1) is 12.3. The quantitative estimate of drug-likeness (QED) is 0.892.